The molecule has 1 aliphatic heterocycles. The summed E-state index contributed by atoms with van der Waals surface area (Å²) < 4.78 is 2.09. The molecule has 100 valence electrons. The molecule has 2 nitrogen and oxygen atoms in total. The second-order valence-electron chi connectivity index (χ2n) is 6.61. The molecular formula is C15H23NOS. The minimum Gasteiger partial charge on any atom is -0.279 e. The average Bonchev–Trinajstić information content (AvgIpc) is 2.92. The van der Waals surface area contributed by atoms with Crippen LogP contribution in [-0.2, 0) is 4.79 Å². The standard InChI is InChI=1S/C15H23NOS/c1-4-5-6-13(17)16-12-9-11-7-8-15(12,10-18-16)14(11,2)3/h5-6,11-12H,4,7-10H2,1-3H3/b6-5-/t11?,12-,15-/m0/s1. The number of allylic oxidation sites excluding steroid dienone is 1. The molecule has 1 amide bonds. The number of carbonyl (C=O) groups is 1. The van der Waals surface area contributed by atoms with Gasteiger partial charge in [0.2, 0.25) is 0 Å². The Morgan fingerprint density at radius 3 is 2.94 bits per heavy atom. The van der Waals surface area contributed by atoms with Crippen LogP contribution in [0.2, 0.25) is 0 Å². The highest BCUT2D eigenvalue weighted by molar-refractivity contribution is 7.97. The van der Waals surface area contributed by atoms with Crippen LogP contribution in [0.15, 0.2) is 12.2 Å². The minimum atomic E-state index is 0.215. The monoisotopic (exact) mass is 265 g/mol. The zero-order valence-electron chi connectivity index (χ0n) is 11.6. The van der Waals surface area contributed by atoms with Gasteiger partial charge in [-0.3, -0.25) is 9.10 Å². The lowest BCUT2D eigenvalue weighted by Crippen LogP contribution is -2.42. The van der Waals surface area contributed by atoms with Crippen molar-refractivity contribution < 1.29 is 4.79 Å². The van der Waals surface area contributed by atoms with Gasteiger partial charge in [0.1, 0.15) is 0 Å². The molecule has 1 spiro atoms. The topological polar surface area (TPSA) is 20.3 Å². The van der Waals surface area contributed by atoms with Gasteiger partial charge < -0.3 is 0 Å². The summed E-state index contributed by atoms with van der Waals surface area (Å²) in [4.78, 5) is 12.2. The van der Waals surface area contributed by atoms with E-state index in [1.54, 1.807) is 18.0 Å². The average molecular weight is 265 g/mol. The zero-order valence-corrected chi connectivity index (χ0v) is 12.4. The fourth-order valence-electron chi connectivity index (χ4n) is 4.48. The van der Waals surface area contributed by atoms with E-state index in [9.17, 15) is 4.79 Å². The first kappa shape index (κ1) is 12.6. The van der Waals surface area contributed by atoms with E-state index in [-0.39, 0.29) is 5.91 Å². The molecule has 1 saturated heterocycles. The summed E-state index contributed by atoms with van der Waals surface area (Å²) in [6, 6.07) is 0.491. The first-order valence-electron chi connectivity index (χ1n) is 7.15. The van der Waals surface area contributed by atoms with Crippen LogP contribution in [0.25, 0.3) is 0 Å². The Kier molecular flexibility index (Phi) is 2.81. The van der Waals surface area contributed by atoms with Gasteiger partial charge in [-0.2, -0.15) is 0 Å². The summed E-state index contributed by atoms with van der Waals surface area (Å²) in [5, 5.41) is 0. The number of fused-ring (bicyclic) bond motifs is 1. The molecule has 1 unspecified atom stereocenters. The first-order valence-corrected chi connectivity index (χ1v) is 8.10. The quantitative estimate of drug-likeness (QED) is 0.561. The van der Waals surface area contributed by atoms with Crippen molar-refractivity contribution in [2.24, 2.45) is 16.7 Å². The molecule has 3 aliphatic rings. The Hall–Kier alpha value is -0.440. The molecule has 3 heteroatoms. The van der Waals surface area contributed by atoms with Crippen molar-refractivity contribution in [1.29, 1.82) is 0 Å². The maximum Gasteiger partial charge on any atom is 0.256 e. The maximum absolute atomic E-state index is 12.2. The van der Waals surface area contributed by atoms with Gasteiger partial charge in [-0.25, -0.2) is 0 Å². The Bertz CT molecular complexity index is 403. The molecule has 0 aromatic heterocycles. The summed E-state index contributed by atoms with van der Waals surface area (Å²) in [5.41, 5.74) is 0.826. The molecule has 3 atom stereocenters. The smallest absolute Gasteiger partial charge is 0.256 e. The number of carbonyl (C=O) groups excluding carboxylic acids is 1. The van der Waals surface area contributed by atoms with Crippen LogP contribution in [0, 0.1) is 16.7 Å². The highest BCUT2D eigenvalue weighted by Gasteiger charge is 2.68. The third-order valence-corrected chi connectivity index (χ3v) is 7.20. The molecule has 2 saturated carbocycles. The number of rotatable bonds is 2. The molecule has 2 bridgehead atoms. The van der Waals surface area contributed by atoms with Crippen molar-refractivity contribution in [1.82, 2.24) is 4.31 Å². The largest absolute Gasteiger partial charge is 0.279 e. The fourth-order valence-corrected chi connectivity index (χ4v) is 6.22. The zero-order chi connectivity index (χ0) is 13.0. The molecule has 3 fully saturated rings. The van der Waals surface area contributed by atoms with Gasteiger partial charge in [0.05, 0.1) is 6.04 Å². The SMILES string of the molecule is CC/C=C\C(=O)N1SC[C@@]23CCC(C[C@H]12)C3(C)C. The van der Waals surface area contributed by atoms with Crippen molar-refractivity contribution in [2.75, 3.05) is 5.75 Å². The van der Waals surface area contributed by atoms with E-state index in [4.69, 9.17) is 0 Å². The lowest BCUT2D eigenvalue weighted by molar-refractivity contribution is -0.123. The number of hydrogen-bond donors (Lipinski definition) is 0. The predicted molar refractivity (Wildman–Crippen MR) is 76.1 cm³/mol. The highest BCUT2D eigenvalue weighted by Crippen LogP contribution is 2.71. The first-order chi connectivity index (χ1) is 8.53. The van der Waals surface area contributed by atoms with E-state index in [2.05, 4.69) is 25.1 Å². The third kappa shape index (κ3) is 1.40. The van der Waals surface area contributed by atoms with Crippen LogP contribution in [0.4, 0.5) is 0 Å². The van der Waals surface area contributed by atoms with E-state index in [1.165, 1.54) is 19.3 Å². The molecule has 0 aromatic carbocycles. The molecule has 1 heterocycles. The number of hydrogen-bond acceptors (Lipinski definition) is 2. The van der Waals surface area contributed by atoms with Crippen LogP contribution in [-0.4, -0.2) is 22.0 Å². The summed E-state index contributed by atoms with van der Waals surface area (Å²) in [6.45, 7) is 6.94. The lowest BCUT2D eigenvalue weighted by atomic mass is 9.69. The normalized spacial score (nSPS) is 40.7. The molecule has 0 N–H and O–H groups in total. The lowest BCUT2D eigenvalue weighted by Gasteiger charge is -2.37. The van der Waals surface area contributed by atoms with Gasteiger partial charge >= 0.3 is 0 Å². The van der Waals surface area contributed by atoms with Gasteiger partial charge in [0.15, 0.2) is 0 Å². The number of nitrogens with zero attached hydrogens (tertiary/aromatic N) is 1. The molecule has 18 heavy (non-hydrogen) atoms. The number of amides is 1. The van der Waals surface area contributed by atoms with E-state index < -0.39 is 0 Å². The van der Waals surface area contributed by atoms with Crippen molar-refractivity contribution in [2.45, 2.75) is 52.5 Å². The van der Waals surface area contributed by atoms with E-state index in [0.717, 1.165) is 18.1 Å². The molecule has 0 radical (unpaired) electrons. The van der Waals surface area contributed by atoms with E-state index >= 15 is 0 Å². The summed E-state index contributed by atoms with van der Waals surface area (Å²) in [6.07, 6.45) is 8.61. The van der Waals surface area contributed by atoms with Crippen LogP contribution in [0.5, 0.6) is 0 Å². The van der Waals surface area contributed by atoms with Crippen molar-refractivity contribution in [3.8, 4) is 0 Å². The second kappa shape index (κ2) is 4.03. The summed E-state index contributed by atoms with van der Waals surface area (Å²) >= 11 is 1.78. The van der Waals surface area contributed by atoms with E-state index in [0.29, 0.717) is 16.9 Å². The second-order valence-corrected chi connectivity index (χ2v) is 7.55. The Morgan fingerprint density at radius 1 is 1.50 bits per heavy atom. The Labute approximate surface area is 114 Å². The van der Waals surface area contributed by atoms with Gasteiger partial charge in [0, 0.05) is 11.2 Å². The third-order valence-electron chi connectivity index (χ3n) is 5.85. The van der Waals surface area contributed by atoms with E-state index in [1.807, 2.05) is 6.08 Å². The Morgan fingerprint density at radius 2 is 2.28 bits per heavy atom. The molecular weight excluding hydrogens is 242 g/mol. The Balaban J connectivity index is 1.85. The van der Waals surface area contributed by atoms with Gasteiger partial charge in [-0.1, -0.05) is 26.8 Å². The molecule has 3 rings (SSSR count). The van der Waals surface area contributed by atoms with Crippen molar-refractivity contribution in [3.05, 3.63) is 12.2 Å². The van der Waals surface area contributed by atoms with Crippen LogP contribution in [0.1, 0.15) is 46.5 Å². The molecule has 0 aromatic rings. The van der Waals surface area contributed by atoms with Crippen LogP contribution < -0.4 is 0 Å². The fraction of sp³-hybridized carbons (Fsp3) is 0.800. The minimum absolute atomic E-state index is 0.215. The van der Waals surface area contributed by atoms with Crippen LogP contribution in [0.3, 0.4) is 0 Å². The highest BCUT2D eigenvalue weighted by atomic mass is 32.2. The molecule has 2 aliphatic carbocycles. The van der Waals surface area contributed by atoms with Crippen molar-refractivity contribution >= 4 is 17.9 Å². The van der Waals surface area contributed by atoms with Crippen LogP contribution >= 0.6 is 11.9 Å². The summed E-state index contributed by atoms with van der Waals surface area (Å²) in [7, 11) is 0. The van der Waals surface area contributed by atoms with Crippen molar-refractivity contribution in [3.63, 3.8) is 0 Å². The van der Waals surface area contributed by atoms with Gasteiger partial charge in [-0.15, -0.1) is 0 Å². The predicted octanol–water partition coefficient (Wildman–Crippen LogP) is 3.64. The summed E-state index contributed by atoms with van der Waals surface area (Å²) in [5.74, 6) is 2.19. The van der Waals surface area contributed by atoms with Gasteiger partial charge in [0.25, 0.3) is 5.91 Å². The van der Waals surface area contributed by atoms with Gasteiger partial charge in [-0.05, 0) is 55.0 Å². The maximum atomic E-state index is 12.2.